The first kappa shape index (κ1) is 21.9. The Balaban J connectivity index is 1.46. The third-order valence-electron chi connectivity index (χ3n) is 10.7. The Kier molecular flexibility index (Phi) is 6.01. The van der Waals surface area contributed by atoms with E-state index in [4.69, 9.17) is 0 Å². The second-order valence-corrected chi connectivity index (χ2v) is 12.2. The average Bonchev–Trinajstić information content (AvgIpc) is 3.02. The summed E-state index contributed by atoms with van der Waals surface area (Å²) in [5.41, 5.74) is 2.42. The summed E-state index contributed by atoms with van der Waals surface area (Å²) in [4.78, 5) is 0. The molecule has 0 aromatic rings. The maximum absolute atomic E-state index is 10.7. The number of hydrogen-bond donors (Lipinski definition) is 2. The lowest BCUT2D eigenvalue weighted by molar-refractivity contribution is -0.0526. The van der Waals surface area contributed by atoms with Gasteiger partial charge < -0.3 is 10.2 Å². The van der Waals surface area contributed by atoms with Gasteiger partial charge in [-0.15, -0.1) is 0 Å². The van der Waals surface area contributed by atoms with Crippen molar-refractivity contribution in [1.29, 1.82) is 0 Å². The Morgan fingerprint density at radius 2 is 1.79 bits per heavy atom. The number of aliphatic hydroxyl groups is 2. The molecule has 3 unspecified atom stereocenters. The van der Waals surface area contributed by atoms with E-state index in [1.165, 1.54) is 44.9 Å². The van der Waals surface area contributed by atoms with Crippen LogP contribution in [0.5, 0.6) is 0 Å². The standard InChI is InChI=1S/C27H46O2/c1-17(2)18(3)25(29)11-8-19-7-10-23-22-9-6-20-16-21(28)12-14-27(20,5)24(22)13-15-26(19,23)4/h6,17-19,21-25,28-29H,7-16H2,1-5H3/t18-,19-,21+,22?,23?,24?,25+,26-,27+/m1/s1. The van der Waals surface area contributed by atoms with Crippen molar-refractivity contribution in [2.24, 2.45) is 46.3 Å². The maximum Gasteiger partial charge on any atom is 0.0577 e. The van der Waals surface area contributed by atoms with Crippen LogP contribution in [-0.2, 0) is 0 Å². The molecule has 2 nitrogen and oxygen atoms in total. The first-order chi connectivity index (χ1) is 13.7. The van der Waals surface area contributed by atoms with Crippen LogP contribution in [0.15, 0.2) is 11.6 Å². The van der Waals surface area contributed by atoms with Gasteiger partial charge in [0.1, 0.15) is 0 Å². The third-order valence-corrected chi connectivity index (χ3v) is 10.7. The van der Waals surface area contributed by atoms with Gasteiger partial charge in [-0.3, -0.25) is 0 Å². The van der Waals surface area contributed by atoms with Crippen molar-refractivity contribution in [2.45, 2.75) is 111 Å². The zero-order chi connectivity index (χ0) is 21.0. The van der Waals surface area contributed by atoms with Gasteiger partial charge in [0.2, 0.25) is 0 Å². The lowest BCUT2D eigenvalue weighted by Crippen LogP contribution is -2.50. The van der Waals surface area contributed by atoms with Gasteiger partial charge in [0.05, 0.1) is 12.2 Å². The number of aliphatic hydroxyl groups excluding tert-OH is 2. The van der Waals surface area contributed by atoms with Crippen LogP contribution in [0.2, 0.25) is 0 Å². The Hall–Kier alpha value is -0.340. The van der Waals surface area contributed by atoms with E-state index in [0.717, 1.165) is 42.9 Å². The van der Waals surface area contributed by atoms with Crippen molar-refractivity contribution in [3.63, 3.8) is 0 Å². The van der Waals surface area contributed by atoms with Crippen LogP contribution in [0.1, 0.15) is 98.8 Å². The normalized spacial score (nSPS) is 46.5. The summed E-state index contributed by atoms with van der Waals surface area (Å²) in [6, 6.07) is 0. The molecule has 166 valence electrons. The van der Waals surface area contributed by atoms with Crippen LogP contribution >= 0.6 is 0 Å². The fourth-order valence-electron chi connectivity index (χ4n) is 8.30. The molecule has 4 rings (SSSR count). The van der Waals surface area contributed by atoms with Gasteiger partial charge >= 0.3 is 0 Å². The largest absolute Gasteiger partial charge is 0.393 e. The van der Waals surface area contributed by atoms with E-state index in [0.29, 0.717) is 22.7 Å². The highest BCUT2D eigenvalue weighted by Gasteiger charge is 2.58. The molecule has 29 heavy (non-hydrogen) atoms. The minimum atomic E-state index is -0.137. The van der Waals surface area contributed by atoms with E-state index in [1.807, 2.05) is 0 Å². The van der Waals surface area contributed by atoms with E-state index < -0.39 is 0 Å². The Bertz CT molecular complexity index is 624. The molecule has 0 heterocycles. The number of allylic oxidation sites excluding steroid dienone is 1. The van der Waals surface area contributed by atoms with Crippen molar-refractivity contribution < 1.29 is 10.2 Å². The Morgan fingerprint density at radius 1 is 1.03 bits per heavy atom. The predicted octanol–water partition coefficient (Wildman–Crippen LogP) is 6.36. The van der Waals surface area contributed by atoms with Gasteiger partial charge in [0.25, 0.3) is 0 Å². The molecule has 2 heteroatoms. The molecule has 0 aromatic heterocycles. The molecule has 3 saturated carbocycles. The SMILES string of the molecule is CC(C)[C@@H](C)[C@@H](O)CC[C@H]1CCC2C3CC=C4C[C@@H](O)CC[C@]4(C)C3CC[C@@]21C. The van der Waals surface area contributed by atoms with Crippen LogP contribution in [-0.4, -0.2) is 22.4 Å². The van der Waals surface area contributed by atoms with Crippen molar-refractivity contribution in [2.75, 3.05) is 0 Å². The number of rotatable bonds is 5. The van der Waals surface area contributed by atoms with Gasteiger partial charge in [-0.1, -0.05) is 46.3 Å². The summed E-state index contributed by atoms with van der Waals surface area (Å²) in [6.45, 7) is 11.8. The third kappa shape index (κ3) is 3.65. The van der Waals surface area contributed by atoms with Crippen molar-refractivity contribution >= 4 is 0 Å². The average molecular weight is 403 g/mol. The molecule has 0 amide bonds. The quantitative estimate of drug-likeness (QED) is 0.525. The van der Waals surface area contributed by atoms with Crippen LogP contribution in [0.3, 0.4) is 0 Å². The van der Waals surface area contributed by atoms with Crippen LogP contribution in [0.25, 0.3) is 0 Å². The molecule has 4 aliphatic rings. The summed E-state index contributed by atoms with van der Waals surface area (Å²) in [6.07, 6.45) is 14.4. The van der Waals surface area contributed by atoms with Crippen molar-refractivity contribution in [3.05, 3.63) is 11.6 Å². The molecule has 4 aliphatic carbocycles. The summed E-state index contributed by atoms with van der Waals surface area (Å²) in [5.74, 6) is 4.31. The molecule has 0 aliphatic heterocycles. The van der Waals surface area contributed by atoms with E-state index in [9.17, 15) is 10.2 Å². The monoisotopic (exact) mass is 402 g/mol. The molecule has 2 N–H and O–H groups in total. The molecule has 3 fully saturated rings. The fourth-order valence-corrected chi connectivity index (χ4v) is 8.30. The molecule has 0 saturated heterocycles. The first-order valence-electron chi connectivity index (χ1n) is 12.7. The first-order valence-corrected chi connectivity index (χ1v) is 12.7. The minimum Gasteiger partial charge on any atom is -0.393 e. The lowest BCUT2D eigenvalue weighted by atomic mass is 9.47. The van der Waals surface area contributed by atoms with E-state index in [1.54, 1.807) is 5.57 Å². The zero-order valence-corrected chi connectivity index (χ0v) is 19.7. The van der Waals surface area contributed by atoms with Crippen molar-refractivity contribution in [1.82, 2.24) is 0 Å². The fraction of sp³-hybridized carbons (Fsp3) is 0.926. The maximum atomic E-state index is 10.7. The zero-order valence-electron chi connectivity index (χ0n) is 19.7. The molecule has 0 aromatic carbocycles. The summed E-state index contributed by atoms with van der Waals surface area (Å²) < 4.78 is 0. The van der Waals surface area contributed by atoms with Gasteiger partial charge in [0.15, 0.2) is 0 Å². The van der Waals surface area contributed by atoms with Gasteiger partial charge in [-0.2, -0.15) is 0 Å². The summed E-state index contributed by atoms with van der Waals surface area (Å²) in [7, 11) is 0. The van der Waals surface area contributed by atoms with Gasteiger partial charge in [0, 0.05) is 0 Å². The van der Waals surface area contributed by atoms with Crippen LogP contribution in [0, 0.1) is 46.3 Å². The smallest absolute Gasteiger partial charge is 0.0577 e. The van der Waals surface area contributed by atoms with Gasteiger partial charge in [-0.25, -0.2) is 0 Å². The van der Waals surface area contributed by atoms with E-state index in [2.05, 4.69) is 40.7 Å². The van der Waals surface area contributed by atoms with E-state index >= 15 is 0 Å². The Labute approximate surface area is 179 Å². The summed E-state index contributed by atoms with van der Waals surface area (Å²) >= 11 is 0. The lowest BCUT2D eigenvalue weighted by Gasteiger charge is -2.58. The highest BCUT2D eigenvalue weighted by Crippen LogP contribution is 2.66. The molecule has 0 spiro atoms. The predicted molar refractivity (Wildman–Crippen MR) is 120 cm³/mol. The van der Waals surface area contributed by atoms with Crippen molar-refractivity contribution in [3.8, 4) is 0 Å². The minimum absolute atomic E-state index is 0.102. The van der Waals surface area contributed by atoms with Gasteiger partial charge in [-0.05, 0) is 111 Å². The Morgan fingerprint density at radius 3 is 2.52 bits per heavy atom. The van der Waals surface area contributed by atoms with Crippen LogP contribution < -0.4 is 0 Å². The topological polar surface area (TPSA) is 40.5 Å². The molecular formula is C27H46O2. The molecule has 9 atom stereocenters. The summed E-state index contributed by atoms with van der Waals surface area (Å²) in [5, 5.41) is 20.9. The highest BCUT2D eigenvalue weighted by molar-refractivity contribution is 5.25. The van der Waals surface area contributed by atoms with Crippen LogP contribution in [0.4, 0.5) is 0 Å². The molecule has 0 bridgehead atoms. The highest BCUT2D eigenvalue weighted by atomic mass is 16.3. The second-order valence-electron chi connectivity index (χ2n) is 12.2. The molecule has 0 radical (unpaired) electrons. The number of hydrogen-bond acceptors (Lipinski definition) is 2. The second kappa shape index (κ2) is 7.97. The number of fused-ring (bicyclic) bond motifs is 5. The van der Waals surface area contributed by atoms with E-state index in [-0.39, 0.29) is 12.2 Å². The molecular weight excluding hydrogens is 356 g/mol.